The van der Waals surface area contributed by atoms with Gasteiger partial charge in [-0.25, -0.2) is 0 Å². The molecule has 0 aromatic carbocycles. The number of aliphatic hydroxyl groups excluding tert-OH is 1. The molecule has 0 amide bonds. The number of rotatable bonds is 3. The fourth-order valence-corrected chi connectivity index (χ4v) is 9.45. The molecule has 4 aliphatic carbocycles. The Morgan fingerprint density at radius 3 is 2.71 bits per heavy atom. The van der Waals surface area contributed by atoms with E-state index in [9.17, 15) is 19.8 Å². The molecule has 0 bridgehead atoms. The van der Waals surface area contributed by atoms with Crippen LogP contribution < -0.4 is 0 Å². The summed E-state index contributed by atoms with van der Waals surface area (Å²) in [6.07, 6.45) is 6.05. The molecule has 1 aliphatic heterocycles. The van der Waals surface area contributed by atoms with Crippen LogP contribution in [0.3, 0.4) is 0 Å². The van der Waals surface area contributed by atoms with E-state index in [1.54, 1.807) is 0 Å². The van der Waals surface area contributed by atoms with E-state index >= 15 is 0 Å². The third kappa shape index (κ3) is 3.74. The van der Waals surface area contributed by atoms with E-state index in [1.807, 2.05) is 13.0 Å². The van der Waals surface area contributed by atoms with Crippen LogP contribution >= 0.6 is 24.0 Å². The maximum Gasteiger partial charge on any atom is 0.175 e. The topological polar surface area (TPSA) is 87.1 Å². The van der Waals surface area contributed by atoms with Gasteiger partial charge in [-0.1, -0.05) is 43.4 Å². The first kappa shape index (κ1) is 24.9. The summed E-state index contributed by atoms with van der Waals surface area (Å²) < 4.78 is 6.07. The lowest BCUT2D eigenvalue weighted by atomic mass is 9.45. The van der Waals surface area contributed by atoms with Gasteiger partial charge in [0.05, 0.1) is 25.1 Å². The number of carbonyl (C=O) groups excluding carboxylic acids is 2. The number of allylic oxidation sites excluding steroid dienone is 1. The number of Topliss-reactive ketones (excluding diaryl/α,β-unsaturated/α-hetero) is 1. The van der Waals surface area contributed by atoms with Crippen LogP contribution in [-0.4, -0.2) is 74.8 Å². The predicted molar refractivity (Wildman–Crippen MR) is 136 cm³/mol. The Kier molecular flexibility index (Phi) is 6.54. The van der Waals surface area contributed by atoms with Crippen LogP contribution in [0, 0.1) is 28.6 Å². The van der Waals surface area contributed by atoms with Crippen LogP contribution in [0.4, 0.5) is 0 Å². The third-order valence-electron chi connectivity index (χ3n) is 10.1. The molecular formula is C26H37NO5S2. The highest BCUT2D eigenvalue weighted by molar-refractivity contribution is 8.23. The molecule has 0 spiro atoms. The van der Waals surface area contributed by atoms with Crippen molar-refractivity contribution in [1.29, 1.82) is 0 Å². The van der Waals surface area contributed by atoms with Crippen molar-refractivity contribution in [1.82, 2.24) is 4.90 Å². The summed E-state index contributed by atoms with van der Waals surface area (Å²) in [6, 6.07) is 0. The van der Waals surface area contributed by atoms with Crippen molar-refractivity contribution in [3.63, 3.8) is 0 Å². The van der Waals surface area contributed by atoms with E-state index in [1.165, 1.54) is 17.3 Å². The molecule has 1 heterocycles. The van der Waals surface area contributed by atoms with Gasteiger partial charge in [0.15, 0.2) is 11.6 Å². The van der Waals surface area contributed by atoms with E-state index in [0.717, 1.165) is 38.8 Å². The standard InChI is InChI=1S/C26H37NO5S2/c1-24-7-5-17(28)13-16(24)3-4-18-19-6-8-26(31,25(19,2)14-20(29)22(18)24)21(30)15-34-23(33)27-9-11-32-12-10-27/h13,18-20,22,29,31H,3-12,14-15H2,1-2H3/t18?,19?,20-,22?,24+,25+,26+/m1/s1. The number of fused-ring (bicyclic) bond motifs is 5. The molecule has 3 unspecified atom stereocenters. The van der Waals surface area contributed by atoms with E-state index < -0.39 is 17.1 Å². The molecule has 188 valence electrons. The average molecular weight is 508 g/mol. The Hall–Kier alpha value is -0.800. The summed E-state index contributed by atoms with van der Waals surface area (Å²) in [6.45, 7) is 7.01. The van der Waals surface area contributed by atoms with Gasteiger partial charge in [0.2, 0.25) is 0 Å². The van der Waals surface area contributed by atoms with Gasteiger partial charge in [-0.2, -0.15) is 0 Å². The first-order valence-corrected chi connectivity index (χ1v) is 14.2. The number of ketones is 2. The SMILES string of the molecule is C[C@]12CCC(=O)C=C1CCC1C2[C@H](O)C[C@@]2(C)C1CC[C@]2(O)C(=O)CSC(=S)N1CCOCC1. The zero-order valence-corrected chi connectivity index (χ0v) is 21.9. The van der Waals surface area contributed by atoms with Crippen molar-refractivity contribution in [3.05, 3.63) is 11.6 Å². The highest BCUT2D eigenvalue weighted by atomic mass is 32.2. The second-order valence-electron chi connectivity index (χ2n) is 11.6. The Bertz CT molecular complexity index is 917. The summed E-state index contributed by atoms with van der Waals surface area (Å²) in [5, 5.41) is 23.4. The average Bonchev–Trinajstić information content (AvgIpc) is 3.09. The predicted octanol–water partition coefficient (Wildman–Crippen LogP) is 3.14. The molecule has 4 fully saturated rings. The number of thioether (sulfide) groups is 1. The number of carbonyl (C=O) groups is 2. The lowest BCUT2D eigenvalue weighted by Crippen LogP contribution is -2.62. The number of thiocarbonyl (C=S) groups is 1. The maximum absolute atomic E-state index is 13.5. The van der Waals surface area contributed by atoms with Crippen LogP contribution in [0.2, 0.25) is 0 Å². The monoisotopic (exact) mass is 507 g/mol. The highest BCUT2D eigenvalue weighted by Gasteiger charge is 2.68. The van der Waals surface area contributed by atoms with Crippen molar-refractivity contribution in [2.75, 3.05) is 32.1 Å². The van der Waals surface area contributed by atoms with Crippen molar-refractivity contribution in [2.45, 2.75) is 70.5 Å². The first-order chi connectivity index (χ1) is 16.1. The fraction of sp³-hybridized carbons (Fsp3) is 0.808. The van der Waals surface area contributed by atoms with Crippen molar-refractivity contribution in [2.24, 2.45) is 28.6 Å². The van der Waals surface area contributed by atoms with Crippen molar-refractivity contribution < 1.29 is 24.5 Å². The molecule has 1 saturated heterocycles. The Morgan fingerprint density at radius 2 is 1.97 bits per heavy atom. The summed E-state index contributed by atoms with van der Waals surface area (Å²) in [5.41, 5.74) is -1.04. The zero-order chi connectivity index (χ0) is 24.3. The number of hydrogen-bond acceptors (Lipinski definition) is 7. The lowest BCUT2D eigenvalue weighted by Gasteiger charge is -2.60. The Morgan fingerprint density at radius 1 is 1.24 bits per heavy atom. The number of nitrogens with zero attached hydrogens (tertiary/aromatic N) is 1. The molecule has 5 aliphatic rings. The van der Waals surface area contributed by atoms with Gasteiger partial charge in [-0.05, 0) is 67.8 Å². The smallest absolute Gasteiger partial charge is 0.175 e. The van der Waals surface area contributed by atoms with Gasteiger partial charge in [0.25, 0.3) is 0 Å². The summed E-state index contributed by atoms with van der Waals surface area (Å²) in [5.74, 6) is 0.741. The molecule has 5 rings (SSSR count). The van der Waals surface area contributed by atoms with E-state index in [4.69, 9.17) is 17.0 Å². The van der Waals surface area contributed by atoms with Crippen LogP contribution in [0.1, 0.15) is 58.8 Å². The van der Waals surface area contributed by atoms with E-state index in [0.29, 0.717) is 36.8 Å². The number of morpholine rings is 1. The number of aliphatic hydroxyl groups is 2. The van der Waals surface area contributed by atoms with Gasteiger partial charge < -0.3 is 19.8 Å². The van der Waals surface area contributed by atoms with E-state index in [-0.39, 0.29) is 40.5 Å². The van der Waals surface area contributed by atoms with Gasteiger partial charge in [-0.3, -0.25) is 9.59 Å². The summed E-state index contributed by atoms with van der Waals surface area (Å²) >= 11 is 6.89. The summed E-state index contributed by atoms with van der Waals surface area (Å²) in [7, 11) is 0. The lowest BCUT2D eigenvalue weighted by molar-refractivity contribution is -0.178. The quantitative estimate of drug-likeness (QED) is 0.564. The number of ether oxygens (including phenoxy) is 1. The second-order valence-corrected chi connectivity index (χ2v) is 13.2. The van der Waals surface area contributed by atoms with Gasteiger partial charge in [-0.15, -0.1) is 0 Å². The highest BCUT2D eigenvalue weighted by Crippen LogP contribution is 2.67. The molecule has 0 radical (unpaired) electrons. The van der Waals surface area contributed by atoms with Gasteiger partial charge in [0, 0.05) is 24.9 Å². The minimum Gasteiger partial charge on any atom is -0.393 e. The molecule has 0 aromatic heterocycles. The zero-order valence-electron chi connectivity index (χ0n) is 20.3. The normalized spacial score (nSPS) is 44.1. The van der Waals surface area contributed by atoms with Gasteiger partial charge in [0.1, 0.15) is 9.92 Å². The third-order valence-corrected chi connectivity index (χ3v) is 11.6. The minimum absolute atomic E-state index is 0.0828. The molecule has 3 saturated carbocycles. The van der Waals surface area contributed by atoms with Gasteiger partial charge >= 0.3 is 0 Å². The Labute approximate surface area is 211 Å². The van der Waals surface area contributed by atoms with Crippen molar-refractivity contribution in [3.8, 4) is 0 Å². The van der Waals surface area contributed by atoms with Crippen LogP contribution in [-0.2, 0) is 14.3 Å². The van der Waals surface area contributed by atoms with Crippen molar-refractivity contribution >= 4 is 39.9 Å². The first-order valence-electron chi connectivity index (χ1n) is 12.8. The Balaban J connectivity index is 1.34. The molecule has 2 N–H and O–H groups in total. The fourth-order valence-electron chi connectivity index (χ4n) is 8.23. The maximum atomic E-state index is 13.5. The van der Waals surface area contributed by atoms with Crippen LogP contribution in [0.25, 0.3) is 0 Å². The molecular weight excluding hydrogens is 470 g/mol. The second kappa shape index (κ2) is 8.94. The van der Waals surface area contributed by atoms with Crippen LogP contribution in [0.15, 0.2) is 11.6 Å². The molecule has 8 heteroatoms. The number of hydrogen-bond donors (Lipinski definition) is 2. The van der Waals surface area contributed by atoms with Crippen LogP contribution in [0.5, 0.6) is 0 Å². The molecule has 0 aromatic rings. The molecule has 34 heavy (non-hydrogen) atoms. The van der Waals surface area contributed by atoms with E-state index in [2.05, 4.69) is 11.8 Å². The molecule has 6 nitrogen and oxygen atoms in total. The molecule has 7 atom stereocenters. The largest absolute Gasteiger partial charge is 0.393 e. The summed E-state index contributed by atoms with van der Waals surface area (Å²) in [4.78, 5) is 27.6. The minimum atomic E-state index is -1.43.